The van der Waals surface area contributed by atoms with E-state index in [4.69, 9.17) is 23.8 Å². The fraction of sp³-hybridized carbons (Fsp3) is 0.318. The zero-order chi connectivity index (χ0) is 22.7. The molecule has 1 fully saturated rings. The second-order valence-corrected chi connectivity index (χ2v) is 9.83. The smallest absolute Gasteiger partial charge is 0.137 e. The second-order valence-electron chi connectivity index (χ2n) is 7.79. The van der Waals surface area contributed by atoms with Gasteiger partial charge in [-0.2, -0.15) is 5.10 Å². The lowest BCUT2D eigenvalue weighted by atomic mass is 9.92. The van der Waals surface area contributed by atoms with Gasteiger partial charge in [-0.25, -0.2) is 18.4 Å². The number of hydrogen-bond acceptors (Lipinski definition) is 5. The average molecular weight is 495 g/mol. The lowest BCUT2D eigenvalue weighted by molar-refractivity contribution is -0.00746. The highest BCUT2D eigenvalue weighted by Crippen LogP contribution is 2.36. The summed E-state index contributed by atoms with van der Waals surface area (Å²) in [6.07, 6.45) is 4.66. The summed E-state index contributed by atoms with van der Waals surface area (Å²) in [6, 6.07) is 10.9. The summed E-state index contributed by atoms with van der Waals surface area (Å²) in [7, 11) is 0. The molecule has 1 N–H and O–H groups in total. The molecule has 0 aliphatic heterocycles. The normalized spacial score (nSPS) is 15.4. The van der Waals surface area contributed by atoms with Crippen molar-refractivity contribution in [1.82, 2.24) is 19.7 Å². The monoisotopic (exact) mass is 494 g/mol. The quantitative estimate of drug-likeness (QED) is 0.455. The van der Waals surface area contributed by atoms with Crippen molar-refractivity contribution in [2.45, 2.75) is 36.8 Å². The number of nitrogens with zero attached hydrogens (tertiary/aromatic N) is 4. The molecular formula is C22H21ClF2N4OS2. The van der Waals surface area contributed by atoms with Gasteiger partial charge in [-0.3, -0.25) is 0 Å². The van der Waals surface area contributed by atoms with Crippen LogP contribution in [0.4, 0.5) is 8.78 Å². The number of thioether (sulfide) groups is 1. The molecule has 3 aromatic rings. The van der Waals surface area contributed by atoms with Gasteiger partial charge in [0, 0.05) is 28.4 Å². The number of rotatable bonds is 8. The van der Waals surface area contributed by atoms with Crippen LogP contribution >= 0.6 is 35.6 Å². The van der Waals surface area contributed by atoms with Crippen molar-refractivity contribution in [3.63, 3.8) is 0 Å². The lowest BCUT2D eigenvalue weighted by Gasteiger charge is -2.36. The molecule has 0 radical (unpaired) electrons. The number of benzene rings is 2. The minimum atomic E-state index is -1.70. The zero-order valence-electron chi connectivity index (χ0n) is 17.0. The molecule has 0 saturated heterocycles. The van der Waals surface area contributed by atoms with Crippen molar-refractivity contribution >= 4 is 39.9 Å². The molecule has 0 amide bonds. The van der Waals surface area contributed by atoms with Crippen molar-refractivity contribution in [2.24, 2.45) is 0 Å². The Bertz CT molecular complexity index is 1080. The van der Waals surface area contributed by atoms with Gasteiger partial charge in [-0.15, -0.1) is 0 Å². The van der Waals surface area contributed by atoms with Gasteiger partial charge >= 0.3 is 0 Å². The van der Waals surface area contributed by atoms with E-state index in [1.165, 1.54) is 35.2 Å². The highest BCUT2D eigenvalue weighted by molar-refractivity contribution is 8.22. The van der Waals surface area contributed by atoms with Crippen molar-refractivity contribution in [3.8, 4) is 0 Å². The molecule has 5 nitrogen and oxygen atoms in total. The van der Waals surface area contributed by atoms with Crippen LogP contribution < -0.4 is 0 Å². The fourth-order valence-corrected chi connectivity index (χ4v) is 4.87. The Morgan fingerprint density at radius 1 is 1.25 bits per heavy atom. The number of halogens is 3. The summed E-state index contributed by atoms with van der Waals surface area (Å²) in [6.45, 7) is -0.00420. The van der Waals surface area contributed by atoms with Gasteiger partial charge in [-0.05, 0) is 36.6 Å². The highest BCUT2D eigenvalue weighted by atomic mass is 35.5. The average Bonchev–Trinajstić information content (AvgIpc) is 3.48. The Morgan fingerprint density at radius 2 is 2.00 bits per heavy atom. The van der Waals surface area contributed by atoms with Crippen molar-refractivity contribution < 1.29 is 13.9 Å². The Balaban J connectivity index is 1.56. The van der Waals surface area contributed by atoms with E-state index < -0.39 is 17.2 Å². The predicted molar refractivity (Wildman–Crippen MR) is 125 cm³/mol. The lowest BCUT2D eigenvalue weighted by Crippen LogP contribution is -2.46. The molecule has 0 bridgehead atoms. The van der Waals surface area contributed by atoms with E-state index in [-0.39, 0.29) is 24.7 Å². The van der Waals surface area contributed by atoms with Crippen LogP contribution in [0.3, 0.4) is 0 Å². The van der Waals surface area contributed by atoms with E-state index >= 15 is 0 Å². The Morgan fingerprint density at radius 3 is 2.62 bits per heavy atom. The number of hydrogen-bond donors (Lipinski definition) is 1. The Kier molecular flexibility index (Phi) is 7.09. The first-order valence-corrected chi connectivity index (χ1v) is 11.8. The first-order chi connectivity index (χ1) is 15.3. The molecule has 1 unspecified atom stereocenters. The maximum atomic E-state index is 14.7. The maximum Gasteiger partial charge on any atom is 0.137 e. The van der Waals surface area contributed by atoms with Gasteiger partial charge in [-0.1, -0.05) is 53.8 Å². The summed E-state index contributed by atoms with van der Waals surface area (Å²) in [5.74, 6) is -0.878. The molecule has 32 heavy (non-hydrogen) atoms. The third-order valence-corrected chi connectivity index (χ3v) is 7.05. The highest BCUT2D eigenvalue weighted by Gasteiger charge is 2.41. The zero-order valence-corrected chi connectivity index (χ0v) is 19.4. The minimum absolute atomic E-state index is 0.00875. The number of thiocarbonyl (C=S) groups is 1. The van der Waals surface area contributed by atoms with Crippen LogP contribution in [0.25, 0.3) is 0 Å². The summed E-state index contributed by atoms with van der Waals surface area (Å²) >= 11 is 13.1. The first kappa shape index (κ1) is 23.1. The van der Waals surface area contributed by atoms with E-state index in [0.717, 1.165) is 30.5 Å². The van der Waals surface area contributed by atoms with E-state index in [0.29, 0.717) is 15.1 Å². The molecule has 1 aliphatic rings. The second kappa shape index (κ2) is 9.82. The van der Waals surface area contributed by atoms with E-state index in [9.17, 15) is 13.9 Å². The van der Waals surface area contributed by atoms with Crippen LogP contribution in [0.15, 0.2) is 55.1 Å². The van der Waals surface area contributed by atoms with E-state index in [1.54, 1.807) is 0 Å². The molecule has 1 atom stereocenters. The van der Waals surface area contributed by atoms with E-state index in [1.807, 2.05) is 29.2 Å². The van der Waals surface area contributed by atoms with Crippen molar-refractivity contribution in [1.29, 1.82) is 0 Å². The van der Waals surface area contributed by atoms with E-state index in [2.05, 4.69) is 10.1 Å². The van der Waals surface area contributed by atoms with Gasteiger partial charge in [0.1, 0.15) is 34.2 Å². The molecular weight excluding hydrogens is 474 g/mol. The molecule has 1 saturated carbocycles. The van der Waals surface area contributed by atoms with Gasteiger partial charge in [0.15, 0.2) is 0 Å². The van der Waals surface area contributed by atoms with Gasteiger partial charge in [0.05, 0.1) is 13.1 Å². The predicted octanol–water partition coefficient (Wildman–Crippen LogP) is 4.78. The van der Waals surface area contributed by atoms with Gasteiger partial charge in [0.25, 0.3) is 0 Å². The molecule has 1 aliphatic carbocycles. The topological polar surface area (TPSA) is 54.2 Å². The van der Waals surface area contributed by atoms with Crippen LogP contribution in [-0.4, -0.2) is 41.7 Å². The summed E-state index contributed by atoms with van der Waals surface area (Å²) < 4.78 is 30.3. The Hall–Kier alpha value is -2.07. The Labute approximate surface area is 199 Å². The first-order valence-electron chi connectivity index (χ1n) is 10.0. The third-order valence-electron chi connectivity index (χ3n) is 5.25. The number of aliphatic hydroxyl groups is 1. The molecule has 0 spiro atoms. The van der Waals surface area contributed by atoms with Crippen molar-refractivity contribution in [2.75, 3.05) is 6.54 Å². The molecule has 1 aromatic heterocycles. The van der Waals surface area contributed by atoms with Crippen LogP contribution in [0.5, 0.6) is 0 Å². The molecule has 168 valence electrons. The fourth-order valence-electron chi connectivity index (χ4n) is 3.49. The third kappa shape index (κ3) is 5.64. The number of aromatic nitrogens is 3. The van der Waals surface area contributed by atoms with Gasteiger partial charge in [0.2, 0.25) is 0 Å². The molecule has 10 heteroatoms. The summed E-state index contributed by atoms with van der Waals surface area (Å²) in [4.78, 5) is 5.84. The SMILES string of the molecule is OC(CN(C(=S)SCc1ccc(Cl)cc1)C1CC1)(Cn1cncn1)c1ccc(F)cc1F. The largest absolute Gasteiger partial charge is 0.381 e. The minimum Gasteiger partial charge on any atom is -0.381 e. The summed E-state index contributed by atoms with van der Waals surface area (Å²) in [5.41, 5.74) is -0.635. The standard InChI is InChI=1S/C22H21ClF2N4OS2/c23-16-3-1-15(2-4-16)10-32-21(31)29(18-6-7-18)12-22(30,11-28-14-26-13-27-28)19-8-5-17(24)9-20(19)25/h1-5,8-9,13-14,18,30H,6-7,10-12H2. The maximum absolute atomic E-state index is 14.7. The van der Waals surface area contributed by atoms with Crippen LogP contribution in [0.1, 0.15) is 24.0 Å². The molecule has 2 aromatic carbocycles. The van der Waals surface area contributed by atoms with Crippen LogP contribution in [0, 0.1) is 11.6 Å². The van der Waals surface area contributed by atoms with Crippen LogP contribution in [0.2, 0.25) is 5.02 Å². The van der Waals surface area contributed by atoms with Crippen molar-refractivity contribution in [3.05, 3.63) is 82.9 Å². The van der Waals surface area contributed by atoms with Crippen LogP contribution in [-0.2, 0) is 17.9 Å². The van der Waals surface area contributed by atoms with Gasteiger partial charge < -0.3 is 10.0 Å². The molecule has 1 heterocycles. The molecule has 4 rings (SSSR count). The summed E-state index contributed by atoms with van der Waals surface area (Å²) in [5, 5.41) is 16.4.